The van der Waals surface area contributed by atoms with Gasteiger partial charge in [0.1, 0.15) is 11.6 Å². The lowest BCUT2D eigenvalue weighted by Crippen LogP contribution is -2.15. The third kappa shape index (κ3) is 1.99. The number of nitrogens with zero attached hydrogens (tertiary/aromatic N) is 1. The Morgan fingerprint density at radius 3 is 3.00 bits per heavy atom. The summed E-state index contributed by atoms with van der Waals surface area (Å²) in [5, 5.41) is 0. The van der Waals surface area contributed by atoms with Gasteiger partial charge in [0.2, 0.25) is 0 Å². The maximum absolute atomic E-state index is 13.5. The van der Waals surface area contributed by atoms with Crippen LogP contribution in [0.5, 0.6) is 0 Å². The van der Waals surface area contributed by atoms with Crippen molar-refractivity contribution in [3.8, 4) is 11.4 Å². The van der Waals surface area contributed by atoms with E-state index in [9.17, 15) is 9.18 Å². The minimum atomic E-state index is -0.370. The average Bonchev–Trinajstić information content (AvgIpc) is 2.81. The zero-order valence-electron chi connectivity index (χ0n) is 9.17. The van der Waals surface area contributed by atoms with Crippen molar-refractivity contribution < 1.29 is 4.39 Å². The zero-order chi connectivity index (χ0) is 12.7. The number of aromatic nitrogens is 2. The minimum absolute atomic E-state index is 0.122. The van der Waals surface area contributed by atoms with Crippen molar-refractivity contribution in [2.45, 2.75) is 11.5 Å². The number of aromatic amines is 1. The molecule has 1 aromatic carbocycles. The van der Waals surface area contributed by atoms with Crippen LogP contribution in [0, 0.1) is 5.82 Å². The second-order valence-electron chi connectivity index (χ2n) is 3.96. The van der Waals surface area contributed by atoms with Crippen LogP contribution in [0.4, 0.5) is 4.39 Å². The van der Waals surface area contributed by atoms with E-state index in [2.05, 4.69) is 25.9 Å². The van der Waals surface area contributed by atoms with Gasteiger partial charge in [0.15, 0.2) is 0 Å². The predicted octanol–water partition coefficient (Wildman–Crippen LogP) is 3.09. The number of halogens is 2. The molecule has 0 saturated heterocycles. The van der Waals surface area contributed by atoms with E-state index in [4.69, 9.17) is 0 Å². The Morgan fingerprint density at radius 2 is 2.22 bits per heavy atom. The molecule has 0 unspecified atom stereocenters. The largest absolute Gasteiger partial charge is 0.306 e. The highest BCUT2D eigenvalue weighted by molar-refractivity contribution is 9.10. The number of nitrogens with one attached hydrogen (secondary N) is 1. The molecule has 92 valence electrons. The van der Waals surface area contributed by atoms with Crippen LogP contribution in [-0.4, -0.2) is 9.97 Å². The Morgan fingerprint density at radius 1 is 1.39 bits per heavy atom. The molecule has 3 nitrogen and oxygen atoms in total. The molecule has 1 N–H and O–H groups in total. The van der Waals surface area contributed by atoms with E-state index >= 15 is 0 Å². The third-order valence-electron chi connectivity index (χ3n) is 2.78. The average molecular weight is 327 g/mol. The van der Waals surface area contributed by atoms with Gasteiger partial charge in [-0.1, -0.05) is 0 Å². The van der Waals surface area contributed by atoms with Crippen LogP contribution in [0.1, 0.15) is 11.3 Å². The molecule has 0 saturated carbocycles. The van der Waals surface area contributed by atoms with E-state index in [0.717, 1.165) is 17.0 Å². The fourth-order valence-electron chi connectivity index (χ4n) is 1.84. The molecular formula is C12H8BrFN2OS. The van der Waals surface area contributed by atoms with Crippen LogP contribution in [0.25, 0.3) is 11.4 Å². The van der Waals surface area contributed by atoms with Gasteiger partial charge < -0.3 is 4.98 Å². The summed E-state index contributed by atoms with van der Waals surface area (Å²) in [6.45, 7) is 0. The van der Waals surface area contributed by atoms with Crippen molar-refractivity contribution in [3.63, 3.8) is 0 Å². The second kappa shape index (κ2) is 4.51. The summed E-state index contributed by atoms with van der Waals surface area (Å²) in [5.41, 5.74) is 2.00. The third-order valence-corrected chi connectivity index (χ3v) is 4.39. The number of H-pyrrole nitrogens is 1. The number of rotatable bonds is 1. The number of benzene rings is 1. The Bertz CT molecular complexity index is 686. The molecule has 2 heterocycles. The minimum Gasteiger partial charge on any atom is -0.306 e. The monoisotopic (exact) mass is 326 g/mol. The van der Waals surface area contributed by atoms with Crippen molar-refractivity contribution in [1.82, 2.24) is 9.97 Å². The van der Waals surface area contributed by atoms with Gasteiger partial charge in [0.05, 0.1) is 10.2 Å². The Balaban J connectivity index is 2.15. The van der Waals surface area contributed by atoms with Gasteiger partial charge in [0.25, 0.3) is 5.56 Å². The Hall–Kier alpha value is -1.14. The molecule has 0 spiro atoms. The smallest absolute Gasteiger partial charge is 0.255 e. The van der Waals surface area contributed by atoms with Crippen LogP contribution in [0.3, 0.4) is 0 Å². The van der Waals surface area contributed by atoms with E-state index < -0.39 is 0 Å². The molecule has 0 atom stereocenters. The maximum Gasteiger partial charge on any atom is 0.255 e. The van der Waals surface area contributed by atoms with Crippen LogP contribution in [-0.2, 0) is 11.5 Å². The number of thioether (sulfide) groups is 1. The highest BCUT2D eigenvalue weighted by Gasteiger charge is 2.18. The summed E-state index contributed by atoms with van der Waals surface area (Å²) in [6, 6.07) is 4.68. The van der Waals surface area contributed by atoms with Gasteiger partial charge in [-0.15, -0.1) is 0 Å². The highest BCUT2D eigenvalue weighted by Crippen LogP contribution is 2.27. The van der Waals surface area contributed by atoms with Gasteiger partial charge >= 0.3 is 0 Å². The van der Waals surface area contributed by atoms with E-state index in [0.29, 0.717) is 21.6 Å². The summed E-state index contributed by atoms with van der Waals surface area (Å²) >= 11 is 4.76. The summed E-state index contributed by atoms with van der Waals surface area (Å²) in [5.74, 6) is 1.50. The van der Waals surface area contributed by atoms with Crippen LogP contribution in [0.15, 0.2) is 27.5 Å². The molecule has 0 amide bonds. The number of hydrogen-bond donors (Lipinski definition) is 1. The first-order valence-electron chi connectivity index (χ1n) is 5.30. The molecule has 6 heteroatoms. The maximum atomic E-state index is 13.5. The molecule has 0 fully saturated rings. The standard InChI is InChI=1S/C12H8BrFN2OS/c13-8-2-1-6(3-9(8)14)11-15-10-5-18-4-7(10)12(17)16-11/h1-3H,4-5H2,(H,15,16,17). The molecule has 2 aromatic rings. The van der Waals surface area contributed by atoms with Crippen molar-refractivity contribution in [2.24, 2.45) is 0 Å². The fourth-order valence-corrected chi connectivity index (χ4v) is 3.13. The number of fused-ring (bicyclic) bond motifs is 1. The summed E-state index contributed by atoms with van der Waals surface area (Å²) < 4.78 is 13.9. The molecule has 1 aliphatic rings. The van der Waals surface area contributed by atoms with Gasteiger partial charge in [0, 0.05) is 22.6 Å². The van der Waals surface area contributed by atoms with Crippen molar-refractivity contribution in [1.29, 1.82) is 0 Å². The Labute approximate surface area is 115 Å². The van der Waals surface area contributed by atoms with Crippen LogP contribution >= 0.6 is 27.7 Å². The van der Waals surface area contributed by atoms with Gasteiger partial charge in [-0.25, -0.2) is 9.37 Å². The fraction of sp³-hybridized carbons (Fsp3) is 0.167. The zero-order valence-corrected chi connectivity index (χ0v) is 11.6. The van der Waals surface area contributed by atoms with Crippen molar-refractivity contribution in [3.05, 3.63) is 50.1 Å². The van der Waals surface area contributed by atoms with Crippen molar-refractivity contribution in [2.75, 3.05) is 0 Å². The highest BCUT2D eigenvalue weighted by atomic mass is 79.9. The van der Waals surface area contributed by atoms with Gasteiger partial charge in [-0.2, -0.15) is 11.8 Å². The molecule has 3 rings (SSSR count). The predicted molar refractivity (Wildman–Crippen MR) is 73.0 cm³/mol. The lowest BCUT2D eigenvalue weighted by atomic mass is 10.2. The topological polar surface area (TPSA) is 45.8 Å². The van der Waals surface area contributed by atoms with Crippen LogP contribution in [0.2, 0.25) is 0 Å². The summed E-state index contributed by atoms with van der Waals surface area (Å²) in [4.78, 5) is 19.0. The van der Waals surface area contributed by atoms with E-state index in [1.807, 2.05) is 0 Å². The SMILES string of the molecule is O=c1[nH]c(-c2ccc(Br)c(F)c2)nc2c1CSC2. The van der Waals surface area contributed by atoms with Crippen LogP contribution < -0.4 is 5.56 Å². The van der Waals surface area contributed by atoms with Gasteiger partial charge in [-0.3, -0.25) is 4.79 Å². The summed E-state index contributed by atoms with van der Waals surface area (Å²) in [7, 11) is 0. The lowest BCUT2D eigenvalue weighted by Gasteiger charge is -2.04. The Kier molecular flexibility index (Phi) is 2.99. The normalized spacial score (nSPS) is 13.7. The second-order valence-corrected chi connectivity index (χ2v) is 5.80. The lowest BCUT2D eigenvalue weighted by molar-refractivity contribution is 0.621. The molecule has 1 aromatic heterocycles. The number of hydrogen-bond acceptors (Lipinski definition) is 3. The molecule has 1 aliphatic heterocycles. The first-order valence-corrected chi connectivity index (χ1v) is 7.25. The van der Waals surface area contributed by atoms with E-state index in [-0.39, 0.29) is 11.4 Å². The summed E-state index contributed by atoms with van der Waals surface area (Å²) in [6.07, 6.45) is 0. The molecule has 0 bridgehead atoms. The van der Waals surface area contributed by atoms with E-state index in [1.165, 1.54) is 6.07 Å². The molecular weight excluding hydrogens is 319 g/mol. The first-order chi connectivity index (χ1) is 8.65. The van der Waals surface area contributed by atoms with E-state index in [1.54, 1.807) is 23.9 Å². The van der Waals surface area contributed by atoms with Gasteiger partial charge in [-0.05, 0) is 34.1 Å². The molecule has 18 heavy (non-hydrogen) atoms. The first kappa shape index (κ1) is 11.9. The molecule has 0 aliphatic carbocycles. The molecule has 0 radical (unpaired) electrons. The van der Waals surface area contributed by atoms with Crippen molar-refractivity contribution >= 4 is 27.7 Å². The quantitative estimate of drug-likeness (QED) is 0.875.